The van der Waals surface area contributed by atoms with Gasteiger partial charge >= 0.3 is 0 Å². The number of carbonyl (C=O) groups is 1. The van der Waals surface area contributed by atoms with E-state index >= 15 is 0 Å². The number of hydrogen-bond donors (Lipinski definition) is 2. The van der Waals surface area contributed by atoms with Crippen molar-refractivity contribution in [3.63, 3.8) is 0 Å². The molecule has 0 saturated heterocycles. The van der Waals surface area contributed by atoms with Crippen LogP contribution in [0.4, 0.5) is 0 Å². The Bertz CT molecular complexity index is 450. The van der Waals surface area contributed by atoms with Crippen LogP contribution in [0, 0.1) is 19.8 Å². The number of aryl methyl sites for hydroxylation is 2. The van der Waals surface area contributed by atoms with Gasteiger partial charge in [-0.15, -0.1) is 0 Å². The minimum absolute atomic E-state index is 0.122. The van der Waals surface area contributed by atoms with Gasteiger partial charge in [-0.2, -0.15) is 0 Å². The van der Waals surface area contributed by atoms with Gasteiger partial charge < -0.3 is 11.1 Å². The third-order valence-corrected chi connectivity index (χ3v) is 4.40. The summed E-state index contributed by atoms with van der Waals surface area (Å²) in [6.07, 6.45) is 4.88. The first kappa shape index (κ1) is 15.0. The summed E-state index contributed by atoms with van der Waals surface area (Å²) in [5.74, 6) is 0.308. The van der Waals surface area contributed by atoms with E-state index in [9.17, 15) is 4.79 Å². The molecule has 2 atom stereocenters. The van der Waals surface area contributed by atoms with E-state index in [0.717, 1.165) is 38.6 Å². The van der Waals surface area contributed by atoms with Crippen LogP contribution in [0.25, 0.3) is 0 Å². The van der Waals surface area contributed by atoms with Crippen molar-refractivity contribution >= 4 is 5.91 Å². The molecule has 1 saturated carbocycles. The third-order valence-electron chi connectivity index (χ3n) is 4.40. The number of rotatable bonds is 4. The van der Waals surface area contributed by atoms with Crippen molar-refractivity contribution in [2.24, 2.45) is 11.7 Å². The van der Waals surface area contributed by atoms with E-state index < -0.39 is 0 Å². The highest BCUT2D eigenvalue weighted by molar-refractivity contribution is 5.78. The number of benzene rings is 1. The minimum Gasteiger partial charge on any atom is -0.356 e. The van der Waals surface area contributed by atoms with Gasteiger partial charge in [-0.1, -0.05) is 24.6 Å². The van der Waals surface area contributed by atoms with Crippen LogP contribution in [0.2, 0.25) is 0 Å². The molecule has 20 heavy (non-hydrogen) atoms. The maximum Gasteiger partial charge on any atom is 0.223 e. The summed E-state index contributed by atoms with van der Waals surface area (Å²) < 4.78 is 0. The van der Waals surface area contributed by atoms with E-state index in [1.165, 1.54) is 16.7 Å². The molecule has 0 spiro atoms. The summed E-state index contributed by atoms with van der Waals surface area (Å²) in [7, 11) is 0. The second kappa shape index (κ2) is 6.89. The monoisotopic (exact) mass is 274 g/mol. The molecule has 1 aliphatic carbocycles. The lowest BCUT2D eigenvalue weighted by Crippen LogP contribution is -2.38. The maximum atomic E-state index is 12.1. The Morgan fingerprint density at radius 2 is 2.00 bits per heavy atom. The van der Waals surface area contributed by atoms with Gasteiger partial charge in [0, 0.05) is 18.5 Å². The molecule has 0 aliphatic heterocycles. The van der Waals surface area contributed by atoms with Gasteiger partial charge in [0.1, 0.15) is 0 Å². The average molecular weight is 274 g/mol. The molecule has 0 radical (unpaired) electrons. The molecule has 3 heteroatoms. The van der Waals surface area contributed by atoms with Crippen LogP contribution < -0.4 is 11.1 Å². The first-order valence-electron chi connectivity index (χ1n) is 7.66. The quantitative estimate of drug-likeness (QED) is 0.886. The van der Waals surface area contributed by atoms with Crippen molar-refractivity contribution in [1.82, 2.24) is 5.32 Å². The fraction of sp³-hybridized carbons (Fsp3) is 0.588. The van der Waals surface area contributed by atoms with Crippen LogP contribution in [-0.2, 0) is 11.2 Å². The van der Waals surface area contributed by atoms with Crippen molar-refractivity contribution in [3.8, 4) is 0 Å². The Kier molecular flexibility index (Phi) is 5.18. The zero-order valence-corrected chi connectivity index (χ0v) is 12.6. The van der Waals surface area contributed by atoms with Gasteiger partial charge in [0.2, 0.25) is 5.91 Å². The van der Waals surface area contributed by atoms with Crippen molar-refractivity contribution in [2.45, 2.75) is 52.0 Å². The van der Waals surface area contributed by atoms with Gasteiger partial charge in [0.15, 0.2) is 0 Å². The van der Waals surface area contributed by atoms with Gasteiger partial charge in [-0.3, -0.25) is 4.79 Å². The second-order valence-corrected chi connectivity index (χ2v) is 6.03. The van der Waals surface area contributed by atoms with Crippen LogP contribution in [-0.4, -0.2) is 18.5 Å². The second-order valence-electron chi connectivity index (χ2n) is 6.03. The third kappa shape index (κ3) is 3.83. The van der Waals surface area contributed by atoms with Crippen molar-refractivity contribution in [1.29, 1.82) is 0 Å². The molecule has 1 fully saturated rings. The van der Waals surface area contributed by atoms with E-state index in [0.29, 0.717) is 0 Å². The molecule has 3 N–H and O–H groups in total. The molecule has 0 heterocycles. The Labute approximate surface area is 121 Å². The van der Waals surface area contributed by atoms with Crippen LogP contribution >= 0.6 is 0 Å². The van der Waals surface area contributed by atoms with E-state index in [1.807, 2.05) is 0 Å². The average Bonchev–Trinajstić information content (AvgIpc) is 2.42. The number of hydrogen-bond acceptors (Lipinski definition) is 2. The maximum absolute atomic E-state index is 12.1. The summed E-state index contributed by atoms with van der Waals surface area (Å²) in [6, 6.07) is 6.54. The molecule has 3 nitrogen and oxygen atoms in total. The molecular formula is C17H26N2O. The summed E-state index contributed by atoms with van der Waals surface area (Å²) in [4.78, 5) is 12.1. The lowest BCUT2D eigenvalue weighted by atomic mass is 9.85. The number of amides is 1. The standard InChI is InChI=1S/C17H26N2O/c1-12-5-3-6-13(2)16(12)9-10-19-17(20)14-7-4-8-15(18)11-14/h3,5-6,14-15H,4,7-11,18H2,1-2H3,(H,19,20). The molecule has 2 unspecified atom stereocenters. The van der Waals surface area contributed by atoms with Crippen LogP contribution in [0.5, 0.6) is 0 Å². The first-order valence-corrected chi connectivity index (χ1v) is 7.66. The molecule has 0 bridgehead atoms. The van der Waals surface area contributed by atoms with Crippen molar-refractivity contribution < 1.29 is 4.79 Å². The lowest BCUT2D eigenvalue weighted by Gasteiger charge is -2.25. The van der Waals surface area contributed by atoms with E-state index in [-0.39, 0.29) is 17.9 Å². The molecule has 0 aromatic heterocycles. The smallest absolute Gasteiger partial charge is 0.223 e. The molecule has 1 aromatic carbocycles. The zero-order valence-electron chi connectivity index (χ0n) is 12.6. The van der Waals surface area contributed by atoms with Gasteiger partial charge in [-0.25, -0.2) is 0 Å². The van der Waals surface area contributed by atoms with Crippen LogP contribution in [0.3, 0.4) is 0 Å². The molecule has 110 valence electrons. The lowest BCUT2D eigenvalue weighted by molar-refractivity contribution is -0.126. The highest BCUT2D eigenvalue weighted by Gasteiger charge is 2.24. The van der Waals surface area contributed by atoms with Crippen molar-refractivity contribution in [3.05, 3.63) is 34.9 Å². The number of nitrogens with two attached hydrogens (primary N) is 1. The van der Waals surface area contributed by atoms with Crippen LogP contribution in [0.1, 0.15) is 42.4 Å². The van der Waals surface area contributed by atoms with Gasteiger partial charge in [0.05, 0.1) is 0 Å². The highest BCUT2D eigenvalue weighted by atomic mass is 16.1. The summed E-state index contributed by atoms with van der Waals surface area (Å²) in [5.41, 5.74) is 9.91. The largest absolute Gasteiger partial charge is 0.356 e. The fourth-order valence-corrected chi connectivity index (χ4v) is 3.16. The molecule has 1 aliphatic rings. The fourth-order valence-electron chi connectivity index (χ4n) is 3.16. The Hall–Kier alpha value is -1.35. The normalized spacial score (nSPS) is 22.6. The SMILES string of the molecule is Cc1cccc(C)c1CCNC(=O)C1CCCC(N)C1. The Balaban J connectivity index is 1.82. The highest BCUT2D eigenvalue weighted by Crippen LogP contribution is 2.23. The summed E-state index contributed by atoms with van der Waals surface area (Å²) in [5, 5.41) is 3.08. The van der Waals surface area contributed by atoms with Gasteiger partial charge in [0.25, 0.3) is 0 Å². The molecule has 1 aromatic rings. The first-order chi connectivity index (χ1) is 9.58. The molecule has 1 amide bonds. The van der Waals surface area contributed by atoms with E-state index in [4.69, 9.17) is 5.73 Å². The van der Waals surface area contributed by atoms with Gasteiger partial charge in [-0.05, 0) is 56.2 Å². The molecular weight excluding hydrogens is 248 g/mol. The predicted octanol–water partition coefficient (Wildman–Crippen LogP) is 2.48. The number of carbonyl (C=O) groups excluding carboxylic acids is 1. The minimum atomic E-state index is 0.122. The Morgan fingerprint density at radius 3 is 2.65 bits per heavy atom. The van der Waals surface area contributed by atoms with Crippen molar-refractivity contribution in [2.75, 3.05) is 6.54 Å². The topological polar surface area (TPSA) is 55.1 Å². The van der Waals surface area contributed by atoms with E-state index in [2.05, 4.69) is 37.4 Å². The Morgan fingerprint density at radius 1 is 1.30 bits per heavy atom. The zero-order chi connectivity index (χ0) is 14.5. The predicted molar refractivity (Wildman–Crippen MR) is 82.6 cm³/mol. The van der Waals surface area contributed by atoms with E-state index in [1.54, 1.807) is 0 Å². The summed E-state index contributed by atoms with van der Waals surface area (Å²) in [6.45, 7) is 4.98. The summed E-state index contributed by atoms with van der Waals surface area (Å²) >= 11 is 0. The van der Waals surface area contributed by atoms with Crippen LogP contribution in [0.15, 0.2) is 18.2 Å². The molecule has 2 rings (SSSR count). The number of nitrogens with one attached hydrogen (secondary N) is 1.